The van der Waals surface area contributed by atoms with Gasteiger partial charge in [0.15, 0.2) is 0 Å². The number of carbonyl (C=O) groups excluding carboxylic acids is 1. The first kappa shape index (κ1) is 14.3. The molecule has 0 saturated carbocycles. The Hall–Kier alpha value is -2.08. The highest BCUT2D eigenvalue weighted by Gasteiger charge is 2.24. The van der Waals surface area contributed by atoms with E-state index in [2.05, 4.69) is 10.6 Å². The summed E-state index contributed by atoms with van der Waals surface area (Å²) >= 11 is 0. The monoisotopic (exact) mass is 277 g/mol. The number of carbonyl (C=O) groups is 2. The van der Waals surface area contributed by atoms with E-state index < -0.39 is 12.0 Å². The van der Waals surface area contributed by atoms with Crippen molar-refractivity contribution in [2.75, 3.05) is 26.2 Å². The number of carboxylic acid groups (broad SMARTS) is 1. The fraction of sp³-hybridized carbons (Fsp3) is 0.429. The van der Waals surface area contributed by atoms with Gasteiger partial charge in [-0.1, -0.05) is 30.3 Å². The maximum Gasteiger partial charge on any atom is 0.326 e. The number of rotatable bonds is 4. The van der Waals surface area contributed by atoms with Crippen LogP contribution in [0.25, 0.3) is 0 Å². The van der Waals surface area contributed by atoms with E-state index in [1.54, 1.807) is 4.90 Å². The Bertz CT molecular complexity index is 458. The second-order valence-electron chi connectivity index (χ2n) is 4.77. The number of hydrogen-bond donors (Lipinski definition) is 3. The molecule has 3 N–H and O–H groups in total. The minimum absolute atomic E-state index is 0.286. The first-order valence-electron chi connectivity index (χ1n) is 6.69. The van der Waals surface area contributed by atoms with Crippen LogP contribution in [0.1, 0.15) is 5.56 Å². The minimum Gasteiger partial charge on any atom is -0.480 e. The maximum atomic E-state index is 12.0. The topological polar surface area (TPSA) is 81.7 Å². The molecule has 0 radical (unpaired) electrons. The summed E-state index contributed by atoms with van der Waals surface area (Å²) in [6.07, 6.45) is 0.286. The molecule has 6 nitrogen and oxygen atoms in total. The van der Waals surface area contributed by atoms with Crippen LogP contribution in [0, 0.1) is 0 Å². The third kappa shape index (κ3) is 3.96. The van der Waals surface area contributed by atoms with Crippen molar-refractivity contribution in [1.82, 2.24) is 15.5 Å². The van der Waals surface area contributed by atoms with Crippen LogP contribution in [0.4, 0.5) is 4.79 Å². The van der Waals surface area contributed by atoms with Crippen molar-refractivity contribution in [2.24, 2.45) is 0 Å². The van der Waals surface area contributed by atoms with Crippen LogP contribution >= 0.6 is 0 Å². The quantitative estimate of drug-likeness (QED) is 0.739. The molecule has 1 atom stereocenters. The Morgan fingerprint density at radius 1 is 1.25 bits per heavy atom. The van der Waals surface area contributed by atoms with Gasteiger partial charge in [0.25, 0.3) is 0 Å². The molecule has 1 saturated heterocycles. The van der Waals surface area contributed by atoms with Gasteiger partial charge in [-0.3, -0.25) is 0 Å². The van der Waals surface area contributed by atoms with E-state index in [0.717, 1.165) is 18.7 Å². The van der Waals surface area contributed by atoms with Crippen LogP contribution in [0.3, 0.4) is 0 Å². The largest absolute Gasteiger partial charge is 0.480 e. The second kappa shape index (κ2) is 6.91. The lowest BCUT2D eigenvalue weighted by Gasteiger charge is -2.28. The number of nitrogens with zero attached hydrogens (tertiary/aromatic N) is 1. The summed E-state index contributed by atoms with van der Waals surface area (Å²) in [6, 6.07) is 8.08. The van der Waals surface area contributed by atoms with Crippen LogP contribution in [0.15, 0.2) is 30.3 Å². The number of amides is 2. The van der Waals surface area contributed by atoms with E-state index in [1.165, 1.54) is 0 Å². The number of urea groups is 1. The van der Waals surface area contributed by atoms with E-state index >= 15 is 0 Å². The molecular weight excluding hydrogens is 258 g/mol. The van der Waals surface area contributed by atoms with Crippen molar-refractivity contribution in [3.63, 3.8) is 0 Å². The van der Waals surface area contributed by atoms with Gasteiger partial charge >= 0.3 is 12.0 Å². The third-order valence-electron chi connectivity index (χ3n) is 3.28. The van der Waals surface area contributed by atoms with Gasteiger partial charge in [-0.05, 0) is 5.56 Å². The van der Waals surface area contributed by atoms with Gasteiger partial charge in [-0.2, -0.15) is 0 Å². The Morgan fingerprint density at radius 2 is 1.90 bits per heavy atom. The summed E-state index contributed by atoms with van der Waals surface area (Å²) < 4.78 is 0. The number of nitrogens with one attached hydrogen (secondary N) is 2. The fourth-order valence-corrected chi connectivity index (χ4v) is 2.16. The predicted molar refractivity (Wildman–Crippen MR) is 74.5 cm³/mol. The number of piperazine rings is 1. The first-order valence-corrected chi connectivity index (χ1v) is 6.69. The summed E-state index contributed by atoms with van der Waals surface area (Å²) in [4.78, 5) is 24.9. The van der Waals surface area contributed by atoms with E-state index in [1.807, 2.05) is 30.3 Å². The number of carboxylic acids is 1. The highest BCUT2D eigenvalue weighted by molar-refractivity contribution is 5.82. The molecule has 0 unspecified atom stereocenters. The number of hydrogen-bond acceptors (Lipinski definition) is 3. The number of aliphatic carboxylic acids is 1. The van der Waals surface area contributed by atoms with Gasteiger partial charge in [0.1, 0.15) is 6.04 Å². The van der Waals surface area contributed by atoms with Crippen LogP contribution in [0.5, 0.6) is 0 Å². The SMILES string of the molecule is O=C(O)[C@H](Cc1ccccc1)NC(=O)N1CCNCC1. The van der Waals surface area contributed by atoms with Crippen molar-refractivity contribution in [3.8, 4) is 0 Å². The summed E-state index contributed by atoms with van der Waals surface area (Å²) in [7, 11) is 0. The zero-order valence-corrected chi connectivity index (χ0v) is 11.2. The van der Waals surface area contributed by atoms with Crippen molar-refractivity contribution in [3.05, 3.63) is 35.9 Å². The van der Waals surface area contributed by atoms with Crippen LogP contribution in [-0.2, 0) is 11.2 Å². The average Bonchev–Trinajstić information content (AvgIpc) is 2.48. The molecule has 1 aromatic carbocycles. The molecular formula is C14H19N3O3. The van der Waals surface area contributed by atoms with Crippen molar-refractivity contribution >= 4 is 12.0 Å². The molecule has 1 aliphatic heterocycles. The highest BCUT2D eigenvalue weighted by atomic mass is 16.4. The zero-order valence-electron chi connectivity index (χ0n) is 11.2. The van der Waals surface area contributed by atoms with E-state index in [4.69, 9.17) is 0 Å². The van der Waals surface area contributed by atoms with Crippen LogP contribution in [0.2, 0.25) is 0 Å². The molecule has 1 heterocycles. The first-order chi connectivity index (χ1) is 9.66. The van der Waals surface area contributed by atoms with E-state index in [9.17, 15) is 14.7 Å². The molecule has 6 heteroatoms. The Morgan fingerprint density at radius 3 is 2.50 bits per heavy atom. The lowest BCUT2D eigenvalue weighted by molar-refractivity contribution is -0.139. The summed E-state index contributed by atoms with van der Waals surface area (Å²) in [6.45, 7) is 2.68. The summed E-state index contributed by atoms with van der Waals surface area (Å²) in [5.74, 6) is -1.02. The third-order valence-corrected chi connectivity index (χ3v) is 3.28. The van der Waals surface area contributed by atoms with Crippen molar-refractivity contribution in [1.29, 1.82) is 0 Å². The molecule has 2 amide bonds. The Balaban J connectivity index is 1.95. The maximum absolute atomic E-state index is 12.0. The van der Waals surface area contributed by atoms with Crippen LogP contribution < -0.4 is 10.6 Å². The minimum atomic E-state index is -1.02. The summed E-state index contributed by atoms with van der Waals surface area (Å²) in [5, 5.41) is 15.0. The molecule has 0 spiro atoms. The lowest BCUT2D eigenvalue weighted by Crippen LogP contribution is -2.54. The van der Waals surface area contributed by atoms with Crippen LogP contribution in [-0.4, -0.2) is 54.2 Å². The highest BCUT2D eigenvalue weighted by Crippen LogP contribution is 2.04. The van der Waals surface area contributed by atoms with Gasteiger partial charge in [-0.25, -0.2) is 9.59 Å². The second-order valence-corrected chi connectivity index (χ2v) is 4.77. The summed E-state index contributed by atoms with van der Waals surface area (Å²) in [5.41, 5.74) is 0.889. The van der Waals surface area contributed by atoms with Gasteiger partial charge in [0, 0.05) is 32.6 Å². The smallest absolute Gasteiger partial charge is 0.326 e. The zero-order chi connectivity index (χ0) is 14.4. The molecule has 0 bridgehead atoms. The molecule has 1 aliphatic rings. The Labute approximate surface area is 117 Å². The standard InChI is InChI=1S/C14H19N3O3/c18-13(19)12(10-11-4-2-1-3-5-11)16-14(20)17-8-6-15-7-9-17/h1-5,12,15H,6-10H2,(H,16,20)(H,18,19)/t12-/m0/s1. The van der Waals surface area contributed by atoms with Gasteiger partial charge in [0.05, 0.1) is 0 Å². The fourth-order valence-electron chi connectivity index (χ4n) is 2.16. The van der Waals surface area contributed by atoms with Gasteiger partial charge in [0.2, 0.25) is 0 Å². The molecule has 2 rings (SSSR count). The van der Waals surface area contributed by atoms with Crippen molar-refractivity contribution in [2.45, 2.75) is 12.5 Å². The predicted octanol–water partition coefficient (Wildman–Crippen LogP) is 0.297. The van der Waals surface area contributed by atoms with Crippen molar-refractivity contribution < 1.29 is 14.7 Å². The van der Waals surface area contributed by atoms with E-state index in [-0.39, 0.29) is 12.5 Å². The Kier molecular flexibility index (Phi) is 4.95. The molecule has 0 aliphatic carbocycles. The van der Waals surface area contributed by atoms with Gasteiger partial charge in [-0.15, -0.1) is 0 Å². The lowest BCUT2D eigenvalue weighted by atomic mass is 10.1. The normalized spacial score (nSPS) is 16.5. The molecule has 0 aromatic heterocycles. The molecule has 1 aromatic rings. The average molecular weight is 277 g/mol. The molecule has 108 valence electrons. The molecule has 1 fully saturated rings. The van der Waals surface area contributed by atoms with E-state index in [0.29, 0.717) is 13.1 Å². The van der Waals surface area contributed by atoms with Gasteiger partial charge < -0.3 is 20.6 Å². The number of benzene rings is 1. The molecule has 20 heavy (non-hydrogen) atoms.